The first-order chi connectivity index (χ1) is 25.8. The zero-order valence-corrected chi connectivity index (χ0v) is 28.1. The molecule has 3 heteroatoms. The van der Waals surface area contributed by atoms with E-state index < -0.39 is 0 Å². The van der Waals surface area contributed by atoms with Crippen LogP contribution in [0.3, 0.4) is 0 Å². The largest absolute Gasteiger partial charge is 0.456 e. The predicted molar refractivity (Wildman–Crippen MR) is 217 cm³/mol. The van der Waals surface area contributed by atoms with Gasteiger partial charge in [-0.1, -0.05) is 127 Å². The molecule has 3 heterocycles. The Bertz CT molecular complexity index is 3150. The molecule has 0 bridgehead atoms. The van der Waals surface area contributed by atoms with Crippen molar-refractivity contribution in [3.63, 3.8) is 0 Å². The zero-order valence-electron chi connectivity index (χ0n) is 28.1. The van der Waals surface area contributed by atoms with Crippen molar-refractivity contribution in [2.75, 3.05) is 0 Å². The number of hydrogen-bond donors (Lipinski definition) is 0. The first kappa shape index (κ1) is 28.8. The van der Waals surface area contributed by atoms with Crippen molar-refractivity contribution in [3.05, 3.63) is 182 Å². The molecule has 0 spiro atoms. The van der Waals surface area contributed by atoms with E-state index in [1.54, 1.807) is 0 Å². The van der Waals surface area contributed by atoms with Crippen LogP contribution in [-0.2, 0) is 0 Å². The number of benzene rings is 8. The molecule has 0 N–H and O–H groups in total. The first-order valence-electron chi connectivity index (χ1n) is 17.7. The molecule has 3 aromatic heterocycles. The molecule has 0 atom stereocenters. The molecule has 0 amide bonds. The van der Waals surface area contributed by atoms with Crippen LogP contribution in [0.25, 0.3) is 105 Å². The molecule has 52 heavy (non-hydrogen) atoms. The van der Waals surface area contributed by atoms with E-state index in [1.165, 1.54) is 38.3 Å². The Hall–Kier alpha value is -6.97. The smallest absolute Gasteiger partial charge is 0.136 e. The van der Waals surface area contributed by atoms with Gasteiger partial charge in [0, 0.05) is 49.0 Å². The quantitative estimate of drug-likeness (QED) is 0.176. The van der Waals surface area contributed by atoms with Crippen molar-refractivity contribution in [1.29, 1.82) is 0 Å². The van der Waals surface area contributed by atoms with E-state index >= 15 is 0 Å². The van der Waals surface area contributed by atoms with Crippen LogP contribution in [0.2, 0.25) is 0 Å². The van der Waals surface area contributed by atoms with Gasteiger partial charge in [-0.15, -0.1) is 0 Å². The van der Waals surface area contributed by atoms with Crippen LogP contribution in [0.5, 0.6) is 0 Å². The monoisotopic (exact) mass is 662 g/mol. The predicted octanol–water partition coefficient (Wildman–Crippen LogP) is 13.4. The van der Waals surface area contributed by atoms with Gasteiger partial charge in [0.25, 0.3) is 0 Å². The normalized spacial score (nSPS) is 11.8. The molecule has 0 aliphatic carbocycles. The Kier molecular flexibility index (Phi) is 6.25. The lowest BCUT2D eigenvalue weighted by Crippen LogP contribution is -1.93. The van der Waals surface area contributed by atoms with Crippen LogP contribution in [0.4, 0.5) is 0 Å². The van der Waals surface area contributed by atoms with Gasteiger partial charge in [-0.05, 0) is 76.9 Å². The number of hydrogen-bond acceptors (Lipinski definition) is 2. The fraction of sp³-hybridized carbons (Fsp3) is 0. The van der Waals surface area contributed by atoms with E-state index in [1.807, 2.05) is 6.07 Å². The number of pyridine rings is 1. The van der Waals surface area contributed by atoms with E-state index in [0.29, 0.717) is 0 Å². The Labute approximate surface area is 299 Å². The molecule has 8 aromatic carbocycles. The van der Waals surface area contributed by atoms with Gasteiger partial charge in [-0.25, -0.2) is 4.98 Å². The number of rotatable bonds is 4. The van der Waals surface area contributed by atoms with Gasteiger partial charge in [0.05, 0.1) is 22.2 Å². The van der Waals surface area contributed by atoms with E-state index in [2.05, 4.69) is 180 Å². The molecular formula is C49H30N2O. The minimum atomic E-state index is 0.887. The molecular weight excluding hydrogens is 633 g/mol. The summed E-state index contributed by atoms with van der Waals surface area (Å²) >= 11 is 0. The Morgan fingerprint density at radius 1 is 0.365 bits per heavy atom. The van der Waals surface area contributed by atoms with Crippen molar-refractivity contribution in [2.45, 2.75) is 0 Å². The maximum absolute atomic E-state index is 6.38. The molecule has 3 nitrogen and oxygen atoms in total. The third kappa shape index (κ3) is 4.36. The molecule has 0 aliphatic rings. The summed E-state index contributed by atoms with van der Waals surface area (Å²) in [6.45, 7) is 0. The van der Waals surface area contributed by atoms with Gasteiger partial charge in [-0.3, -0.25) is 0 Å². The minimum absolute atomic E-state index is 0.887. The van der Waals surface area contributed by atoms with Gasteiger partial charge in [-0.2, -0.15) is 0 Å². The Morgan fingerprint density at radius 3 is 1.79 bits per heavy atom. The van der Waals surface area contributed by atoms with Gasteiger partial charge >= 0.3 is 0 Å². The summed E-state index contributed by atoms with van der Waals surface area (Å²) in [4.78, 5) is 5.27. The lowest BCUT2D eigenvalue weighted by atomic mass is 9.94. The fourth-order valence-corrected chi connectivity index (χ4v) is 8.16. The van der Waals surface area contributed by atoms with Gasteiger partial charge in [0.2, 0.25) is 0 Å². The second-order valence-electron chi connectivity index (χ2n) is 13.5. The number of aromatic nitrogens is 2. The van der Waals surface area contributed by atoms with Crippen LogP contribution in [-0.4, -0.2) is 9.55 Å². The lowest BCUT2D eigenvalue weighted by Gasteiger charge is -2.13. The summed E-state index contributed by atoms with van der Waals surface area (Å²) in [5.41, 5.74) is 13.1. The fourth-order valence-electron chi connectivity index (χ4n) is 8.16. The second kappa shape index (κ2) is 11.3. The highest BCUT2D eigenvalue weighted by atomic mass is 16.3. The summed E-state index contributed by atoms with van der Waals surface area (Å²) in [6, 6.07) is 64.9. The highest BCUT2D eigenvalue weighted by molar-refractivity contribution is 6.28. The molecule has 0 aliphatic heterocycles. The van der Waals surface area contributed by atoms with E-state index in [0.717, 1.165) is 66.3 Å². The third-order valence-corrected chi connectivity index (χ3v) is 10.6. The average molecular weight is 663 g/mol. The molecule has 11 aromatic rings. The first-order valence-corrected chi connectivity index (χ1v) is 17.7. The van der Waals surface area contributed by atoms with Crippen molar-refractivity contribution in [1.82, 2.24) is 9.55 Å². The van der Waals surface area contributed by atoms with Crippen molar-refractivity contribution < 1.29 is 4.42 Å². The number of para-hydroxylation sites is 3. The van der Waals surface area contributed by atoms with Crippen LogP contribution >= 0.6 is 0 Å². The number of fused-ring (bicyclic) bond motifs is 10. The molecule has 0 fully saturated rings. The zero-order chi connectivity index (χ0) is 34.2. The summed E-state index contributed by atoms with van der Waals surface area (Å²) in [5, 5.41) is 8.18. The molecule has 242 valence electrons. The lowest BCUT2D eigenvalue weighted by molar-refractivity contribution is 0.669. The summed E-state index contributed by atoms with van der Waals surface area (Å²) < 4.78 is 8.75. The molecule has 11 rings (SSSR count). The van der Waals surface area contributed by atoms with Crippen LogP contribution in [0.15, 0.2) is 186 Å². The van der Waals surface area contributed by atoms with Gasteiger partial charge < -0.3 is 8.98 Å². The topological polar surface area (TPSA) is 31.0 Å². The number of nitrogens with zero attached hydrogens (tertiary/aromatic N) is 2. The highest BCUT2D eigenvalue weighted by Gasteiger charge is 2.18. The molecule has 0 radical (unpaired) electrons. The summed E-state index contributed by atoms with van der Waals surface area (Å²) in [6.07, 6.45) is 0. The van der Waals surface area contributed by atoms with Gasteiger partial charge in [0.15, 0.2) is 0 Å². The van der Waals surface area contributed by atoms with E-state index in [-0.39, 0.29) is 0 Å². The maximum Gasteiger partial charge on any atom is 0.136 e. The molecule has 0 saturated heterocycles. The standard InChI is InChI=1S/C49H30N2O/c1-3-11-33(12-4-1)49-40-26-28-46-48(39-16-8-10-18-45(39)52-46)47(40)41-29-34(24-27-42(41)50-49)31-19-21-32(22-20-31)35-23-25-38-37-15-7-9-17-43(37)51(44(38)30-35)36-13-5-2-6-14-36/h1-30H. The van der Waals surface area contributed by atoms with Crippen molar-refractivity contribution in [3.8, 4) is 39.2 Å². The van der Waals surface area contributed by atoms with E-state index in [4.69, 9.17) is 9.40 Å². The van der Waals surface area contributed by atoms with Crippen LogP contribution < -0.4 is 0 Å². The summed E-state index contributed by atoms with van der Waals surface area (Å²) in [7, 11) is 0. The molecule has 0 unspecified atom stereocenters. The molecule has 0 saturated carbocycles. The highest BCUT2D eigenvalue weighted by Crippen LogP contribution is 2.42. The second-order valence-corrected chi connectivity index (χ2v) is 13.5. The van der Waals surface area contributed by atoms with Gasteiger partial charge in [0.1, 0.15) is 11.2 Å². The SMILES string of the molecule is c1ccc(-c2nc3ccc(-c4ccc(-c5ccc6c7ccccc7n(-c7ccccc7)c6c5)cc4)cc3c3c2ccc2oc4ccccc4c23)cc1. The third-order valence-electron chi connectivity index (χ3n) is 10.6. The van der Waals surface area contributed by atoms with Crippen LogP contribution in [0.1, 0.15) is 0 Å². The average Bonchev–Trinajstić information content (AvgIpc) is 3.76. The summed E-state index contributed by atoms with van der Waals surface area (Å²) in [5.74, 6) is 0. The van der Waals surface area contributed by atoms with Crippen LogP contribution in [0, 0.1) is 0 Å². The number of furan rings is 1. The maximum atomic E-state index is 6.38. The van der Waals surface area contributed by atoms with Crippen molar-refractivity contribution >= 4 is 65.4 Å². The minimum Gasteiger partial charge on any atom is -0.456 e. The van der Waals surface area contributed by atoms with E-state index in [9.17, 15) is 0 Å². The Balaban J connectivity index is 1.07. The van der Waals surface area contributed by atoms with Crippen molar-refractivity contribution in [2.24, 2.45) is 0 Å². The Morgan fingerprint density at radius 2 is 0.981 bits per heavy atom.